The van der Waals surface area contributed by atoms with E-state index in [1.54, 1.807) is 0 Å². The molecule has 0 saturated carbocycles. The fraction of sp³-hybridized carbons (Fsp3) is 0.417. The van der Waals surface area contributed by atoms with Gasteiger partial charge in [-0.05, 0) is 25.1 Å². The number of hydrogen-bond donors (Lipinski definition) is 1. The Morgan fingerprint density at radius 2 is 2.00 bits per heavy atom. The Bertz CT molecular complexity index is 416. The monoisotopic (exact) mass is 360 g/mol. The number of benzene rings is 1. The van der Waals surface area contributed by atoms with Crippen molar-refractivity contribution in [1.29, 1.82) is 0 Å². The summed E-state index contributed by atoms with van der Waals surface area (Å²) in [7, 11) is 0. The summed E-state index contributed by atoms with van der Waals surface area (Å²) in [6, 6.07) is 5.90. The maximum absolute atomic E-state index is 12.4. The molecule has 0 aliphatic carbocycles. The number of carbonyl (C=O) groups is 1. The van der Waals surface area contributed by atoms with Crippen molar-refractivity contribution in [3.63, 3.8) is 0 Å². The predicted molar refractivity (Wildman–Crippen MR) is 75.2 cm³/mol. The molecular formula is C12H14Br2N2O. The van der Waals surface area contributed by atoms with Crippen LogP contribution in [0.15, 0.2) is 27.1 Å². The number of nitrogens with zero attached hydrogens (tertiary/aromatic N) is 1. The minimum atomic E-state index is 0.0981. The third kappa shape index (κ3) is 3.09. The number of rotatable bonds is 1. The molecule has 0 spiro atoms. The number of hydrogen-bond acceptors (Lipinski definition) is 2. The zero-order valence-electron chi connectivity index (χ0n) is 9.54. The standard InChI is InChI=1S/C12H14Br2N2O/c1-8-7-15-2-3-16(8)12(17)9-4-10(13)6-11(14)5-9/h4-6,8,15H,2-3,7H2,1H3. The Hall–Kier alpha value is -0.390. The second-order valence-corrected chi connectivity index (χ2v) is 6.04. The summed E-state index contributed by atoms with van der Waals surface area (Å²) in [6.07, 6.45) is 0. The van der Waals surface area contributed by atoms with Gasteiger partial charge in [0, 0.05) is 40.2 Å². The SMILES string of the molecule is CC1CNCCN1C(=O)c1cc(Br)cc(Br)c1. The first-order valence-electron chi connectivity index (χ1n) is 5.55. The van der Waals surface area contributed by atoms with Crippen molar-refractivity contribution >= 4 is 37.8 Å². The summed E-state index contributed by atoms with van der Waals surface area (Å²) >= 11 is 6.81. The molecule has 17 heavy (non-hydrogen) atoms. The van der Waals surface area contributed by atoms with Crippen molar-refractivity contribution in [2.45, 2.75) is 13.0 Å². The van der Waals surface area contributed by atoms with Crippen LogP contribution in [-0.2, 0) is 0 Å². The van der Waals surface area contributed by atoms with Gasteiger partial charge >= 0.3 is 0 Å². The zero-order valence-corrected chi connectivity index (χ0v) is 12.7. The number of nitrogens with one attached hydrogen (secondary N) is 1. The molecule has 1 aromatic carbocycles. The van der Waals surface area contributed by atoms with Gasteiger partial charge in [-0.3, -0.25) is 4.79 Å². The summed E-state index contributed by atoms with van der Waals surface area (Å²) in [5.41, 5.74) is 0.722. The van der Waals surface area contributed by atoms with Crippen LogP contribution >= 0.6 is 31.9 Å². The van der Waals surface area contributed by atoms with Crippen LogP contribution in [0.1, 0.15) is 17.3 Å². The summed E-state index contributed by atoms with van der Waals surface area (Å²) in [5.74, 6) is 0.0981. The van der Waals surface area contributed by atoms with Crippen LogP contribution in [0.4, 0.5) is 0 Å². The van der Waals surface area contributed by atoms with Crippen molar-refractivity contribution in [3.8, 4) is 0 Å². The molecule has 1 aliphatic heterocycles. The Labute approximate surface area is 118 Å². The second-order valence-electron chi connectivity index (χ2n) is 4.21. The molecule has 92 valence electrons. The molecule has 1 atom stereocenters. The van der Waals surface area contributed by atoms with Crippen LogP contribution in [-0.4, -0.2) is 36.5 Å². The quantitative estimate of drug-likeness (QED) is 0.833. The highest BCUT2D eigenvalue weighted by Gasteiger charge is 2.24. The van der Waals surface area contributed by atoms with Crippen molar-refractivity contribution in [2.75, 3.05) is 19.6 Å². The average molecular weight is 362 g/mol. The van der Waals surface area contributed by atoms with Gasteiger partial charge in [0.2, 0.25) is 0 Å². The lowest BCUT2D eigenvalue weighted by Gasteiger charge is -2.34. The summed E-state index contributed by atoms with van der Waals surface area (Å²) in [5, 5.41) is 3.28. The number of piperazine rings is 1. The maximum Gasteiger partial charge on any atom is 0.254 e. The third-order valence-corrected chi connectivity index (χ3v) is 3.79. The van der Waals surface area contributed by atoms with E-state index < -0.39 is 0 Å². The van der Waals surface area contributed by atoms with Crippen LogP contribution < -0.4 is 5.32 Å². The normalized spacial score (nSPS) is 20.4. The third-order valence-electron chi connectivity index (χ3n) is 2.87. The van der Waals surface area contributed by atoms with Crippen molar-refractivity contribution in [3.05, 3.63) is 32.7 Å². The van der Waals surface area contributed by atoms with Crippen molar-refractivity contribution in [2.24, 2.45) is 0 Å². The Kier molecular flexibility index (Phi) is 4.22. The van der Waals surface area contributed by atoms with Gasteiger partial charge in [0.05, 0.1) is 0 Å². The van der Waals surface area contributed by atoms with E-state index in [0.29, 0.717) is 0 Å². The molecule has 2 rings (SSSR count). The molecule has 1 aromatic rings. The highest BCUT2D eigenvalue weighted by molar-refractivity contribution is 9.11. The number of amides is 1. The van der Waals surface area contributed by atoms with Gasteiger partial charge in [0.15, 0.2) is 0 Å². The molecule has 0 radical (unpaired) electrons. The lowest BCUT2D eigenvalue weighted by atomic mass is 10.1. The molecule has 1 amide bonds. The lowest BCUT2D eigenvalue weighted by molar-refractivity contribution is 0.0655. The van der Waals surface area contributed by atoms with E-state index in [0.717, 1.165) is 34.1 Å². The van der Waals surface area contributed by atoms with Crippen molar-refractivity contribution in [1.82, 2.24) is 10.2 Å². The average Bonchev–Trinajstić information content (AvgIpc) is 2.27. The molecular weight excluding hydrogens is 348 g/mol. The fourth-order valence-corrected chi connectivity index (χ4v) is 3.28. The van der Waals surface area contributed by atoms with E-state index in [2.05, 4.69) is 44.1 Å². The van der Waals surface area contributed by atoms with Gasteiger partial charge in [0.1, 0.15) is 0 Å². The maximum atomic E-state index is 12.4. The van der Waals surface area contributed by atoms with Gasteiger partial charge < -0.3 is 10.2 Å². The first-order valence-corrected chi connectivity index (χ1v) is 7.14. The van der Waals surface area contributed by atoms with E-state index in [1.807, 2.05) is 23.1 Å². The predicted octanol–water partition coefficient (Wildman–Crippen LogP) is 2.65. The highest BCUT2D eigenvalue weighted by Crippen LogP contribution is 2.22. The lowest BCUT2D eigenvalue weighted by Crippen LogP contribution is -2.52. The Morgan fingerprint density at radius 1 is 1.35 bits per heavy atom. The van der Waals surface area contributed by atoms with Crippen LogP contribution in [0, 0.1) is 0 Å². The highest BCUT2D eigenvalue weighted by atomic mass is 79.9. The molecule has 1 fully saturated rings. The second kappa shape index (κ2) is 5.50. The van der Waals surface area contributed by atoms with Gasteiger partial charge in [-0.15, -0.1) is 0 Å². The molecule has 5 heteroatoms. The van der Waals surface area contributed by atoms with E-state index in [1.165, 1.54) is 0 Å². The Morgan fingerprint density at radius 3 is 2.59 bits per heavy atom. The molecule has 1 saturated heterocycles. The van der Waals surface area contributed by atoms with E-state index in [-0.39, 0.29) is 11.9 Å². The summed E-state index contributed by atoms with van der Waals surface area (Å²) in [6.45, 7) is 4.56. The van der Waals surface area contributed by atoms with E-state index in [4.69, 9.17) is 0 Å². The first-order chi connectivity index (χ1) is 8.08. The fourth-order valence-electron chi connectivity index (χ4n) is 1.99. The molecule has 1 aliphatic rings. The van der Waals surface area contributed by atoms with Gasteiger partial charge in [-0.25, -0.2) is 0 Å². The molecule has 0 aromatic heterocycles. The van der Waals surface area contributed by atoms with Crippen LogP contribution in [0.2, 0.25) is 0 Å². The van der Waals surface area contributed by atoms with E-state index in [9.17, 15) is 4.79 Å². The van der Waals surface area contributed by atoms with Crippen LogP contribution in [0.3, 0.4) is 0 Å². The summed E-state index contributed by atoms with van der Waals surface area (Å²) < 4.78 is 1.83. The van der Waals surface area contributed by atoms with Crippen LogP contribution in [0.5, 0.6) is 0 Å². The number of carbonyl (C=O) groups excluding carboxylic acids is 1. The smallest absolute Gasteiger partial charge is 0.254 e. The molecule has 0 bridgehead atoms. The van der Waals surface area contributed by atoms with Crippen LogP contribution in [0.25, 0.3) is 0 Å². The molecule has 1 N–H and O–H groups in total. The van der Waals surface area contributed by atoms with Crippen molar-refractivity contribution < 1.29 is 4.79 Å². The van der Waals surface area contributed by atoms with E-state index >= 15 is 0 Å². The number of halogens is 2. The van der Waals surface area contributed by atoms with Gasteiger partial charge in [-0.2, -0.15) is 0 Å². The van der Waals surface area contributed by atoms with Gasteiger partial charge in [-0.1, -0.05) is 31.9 Å². The zero-order chi connectivity index (χ0) is 12.4. The first kappa shape index (κ1) is 13.1. The largest absolute Gasteiger partial charge is 0.333 e. The minimum Gasteiger partial charge on any atom is -0.333 e. The van der Waals surface area contributed by atoms with Gasteiger partial charge in [0.25, 0.3) is 5.91 Å². The topological polar surface area (TPSA) is 32.3 Å². The summed E-state index contributed by atoms with van der Waals surface area (Å²) in [4.78, 5) is 14.3. The molecule has 1 unspecified atom stereocenters. The minimum absolute atomic E-state index is 0.0981. The Balaban J connectivity index is 2.23. The molecule has 1 heterocycles. The molecule has 3 nitrogen and oxygen atoms in total.